The topological polar surface area (TPSA) is 49.9 Å². The van der Waals surface area contributed by atoms with Crippen molar-refractivity contribution in [2.75, 3.05) is 0 Å². The minimum absolute atomic E-state index is 0.198. The molecule has 0 aromatic heterocycles. The molecule has 1 aromatic carbocycles. The minimum Gasteiger partial charge on any atom is -0.384 e. The first-order valence-electron chi connectivity index (χ1n) is 6.81. The van der Waals surface area contributed by atoms with Crippen LogP contribution in [0, 0.1) is 17.1 Å². The Bertz CT molecular complexity index is 461. The number of rotatable bonds is 4. The van der Waals surface area contributed by atoms with E-state index < -0.39 is 0 Å². The predicted octanol–water partition coefficient (Wildman–Crippen LogP) is 3.92. The summed E-state index contributed by atoms with van der Waals surface area (Å²) in [6, 6.07) is 5.13. The van der Waals surface area contributed by atoms with Crippen LogP contribution in [0.4, 0.5) is 4.39 Å². The quantitative estimate of drug-likeness (QED) is 0.648. The number of nitrogens with two attached hydrogens (primary N) is 1. The molecule has 2 rings (SSSR count). The van der Waals surface area contributed by atoms with E-state index in [2.05, 4.69) is 6.92 Å². The van der Waals surface area contributed by atoms with Crippen molar-refractivity contribution < 1.29 is 4.39 Å². The van der Waals surface area contributed by atoms with Gasteiger partial charge in [-0.1, -0.05) is 31.9 Å². The van der Waals surface area contributed by atoms with Crippen molar-refractivity contribution in [3.63, 3.8) is 0 Å². The first kappa shape index (κ1) is 14.4. The van der Waals surface area contributed by atoms with Gasteiger partial charge >= 0.3 is 0 Å². The zero-order valence-corrected chi connectivity index (χ0v) is 12.1. The number of benzene rings is 1. The van der Waals surface area contributed by atoms with Crippen molar-refractivity contribution in [3.05, 3.63) is 35.1 Å². The lowest BCUT2D eigenvalue weighted by Gasteiger charge is -2.26. The van der Waals surface area contributed by atoms with E-state index in [-0.39, 0.29) is 17.2 Å². The number of thioether (sulfide) groups is 1. The summed E-state index contributed by atoms with van der Waals surface area (Å²) in [7, 11) is 0. The van der Waals surface area contributed by atoms with Crippen LogP contribution in [0.5, 0.6) is 0 Å². The number of nitrogens with one attached hydrogen (secondary N) is 1. The smallest absolute Gasteiger partial charge is 0.138 e. The van der Waals surface area contributed by atoms with E-state index in [1.165, 1.54) is 25.7 Å². The lowest BCUT2D eigenvalue weighted by atomic mass is 9.91. The van der Waals surface area contributed by atoms with E-state index in [0.29, 0.717) is 16.6 Å². The van der Waals surface area contributed by atoms with Gasteiger partial charge in [-0.15, -0.1) is 0 Å². The largest absolute Gasteiger partial charge is 0.384 e. The van der Waals surface area contributed by atoms with Gasteiger partial charge in [-0.3, -0.25) is 5.41 Å². The second-order valence-electron chi connectivity index (χ2n) is 5.40. The highest BCUT2D eigenvalue weighted by atomic mass is 32.2. The summed E-state index contributed by atoms with van der Waals surface area (Å²) in [5, 5.41) is 8.00. The van der Waals surface area contributed by atoms with Crippen LogP contribution in [0.1, 0.15) is 43.7 Å². The van der Waals surface area contributed by atoms with Gasteiger partial charge in [0, 0.05) is 11.0 Å². The molecule has 1 saturated carbocycles. The van der Waals surface area contributed by atoms with Crippen LogP contribution in [-0.2, 0) is 5.75 Å². The summed E-state index contributed by atoms with van der Waals surface area (Å²) in [5.74, 6) is 0.936. The maximum absolute atomic E-state index is 14.1. The molecule has 1 aliphatic carbocycles. The monoisotopic (exact) mass is 280 g/mol. The molecular formula is C15H21FN2S. The van der Waals surface area contributed by atoms with E-state index in [1.807, 2.05) is 11.8 Å². The molecule has 0 aliphatic heterocycles. The van der Waals surface area contributed by atoms with Crippen molar-refractivity contribution in [1.82, 2.24) is 0 Å². The van der Waals surface area contributed by atoms with Gasteiger partial charge in [0.25, 0.3) is 0 Å². The summed E-state index contributed by atoms with van der Waals surface area (Å²) in [4.78, 5) is 0. The Hall–Kier alpha value is -1.03. The van der Waals surface area contributed by atoms with E-state index in [1.54, 1.807) is 18.2 Å². The van der Waals surface area contributed by atoms with Gasteiger partial charge in [0.05, 0.1) is 5.56 Å². The van der Waals surface area contributed by atoms with E-state index in [4.69, 9.17) is 11.1 Å². The highest BCUT2D eigenvalue weighted by Gasteiger charge is 2.20. The van der Waals surface area contributed by atoms with Crippen LogP contribution < -0.4 is 5.73 Å². The average Bonchev–Trinajstić information content (AvgIpc) is 2.37. The number of hydrogen-bond donors (Lipinski definition) is 2. The second-order valence-corrected chi connectivity index (χ2v) is 6.69. The van der Waals surface area contributed by atoms with Crippen molar-refractivity contribution >= 4 is 17.6 Å². The highest BCUT2D eigenvalue weighted by molar-refractivity contribution is 7.99. The molecule has 2 unspecified atom stereocenters. The third-order valence-electron chi connectivity index (χ3n) is 3.73. The van der Waals surface area contributed by atoms with Gasteiger partial charge in [-0.25, -0.2) is 4.39 Å². The first-order valence-corrected chi connectivity index (χ1v) is 7.86. The standard InChI is InChI=1S/C15H21FN2S/c1-10-4-2-6-12(8-10)19-9-11-5-3-7-13(14(11)16)15(17)18/h3,5,7,10,12H,2,4,6,8-9H2,1H3,(H3,17,18). The lowest BCUT2D eigenvalue weighted by Crippen LogP contribution is -2.16. The second kappa shape index (κ2) is 6.42. The Balaban J connectivity index is 1.99. The summed E-state index contributed by atoms with van der Waals surface area (Å²) < 4.78 is 14.1. The van der Waals surface area contributed by atoms with Crippen LogP contribution in [0.3, 0.4) is 0 Å². The van der Waals surface area contributed by atoms with Gasteiger partial charge in [-0.2, -0.15) is 11.8 Å². The molecule has 0 spiro atoms. The fourth-order valence-corrected chi connectivity index (χ4v) is 4.07. The van der Waals surface area contributed by atoms with E-state index in [9.17, 15) is 4.39 Å². The molecule has 3 N–H and O–H groups in total. The molecule has 0 radical (unpaired) electrons. The van der Waals surface area contributed by atoms with E-state index >= 15 is 0 Å². The summed E-state index contributed by atoms with van der Waals surface area (Å²) in [6.45, 7) is 2.30. The molecule has 1 aliphatic rings. The van der Waals surface area contributed by atoms with Gasteiger partial charge in [-0.05, 0) is 30.4 Å². The summed E-state index contributed by atoms with van der Waals surface area (Å²) >= 11 is 1.84. The van der Waals surface area contributed by atoms with Crippen molar-refractivity contribution in [2.24, 2.45) is 11.7 Å². The normalized spacial score (nSPS) is 23.3. The Morgan fingerprint density at radius 1 is 1.47 bits per heavy atom. The summed E-state index contributed by atoms with van der Waals surface area (Å²) in [6.07, 6.45) is 5.09. The lowest BCUT2D eigenvalue weighted by molar-refractivity contribution is 0.394. The maximum atomic E-state index is 14.1. The Morgan fingerprint density at radius 3 is 2.95 bits per heavy atom. The predicted molar refractivity (Wildman–Crippen MR) is 80.1 cm³/mol. The fraction of sp³-hybridized carbons (Fsp3) is 0.533. The van der Waals surface area contributed by atoms with Crippen LogP contribution in [-0.4, -0.2) is 11.1 Å². The Kier molecular flexibility index (Phi) is 4.86. The molecule has 104 valence electrons. The Labute approximate surface area is 118 Å². The zero-order valence-electron chi connectivity index (χ0n) is 11.3. The number of amidine groups is 1. The van der Waals surface area contributed by atoms with Crippen LogP contribution in [0.25, 0.3) is 0 Å². The first-order chi connectivity index (χ1) is 9.08. The molecule has 0 saturated heterocycles. The molecule has 4 heteroatoms. The molecule has 2 atom stereocenters. The third kappa shape index (κ3) is 3.72. The maximum Gasteiger partial charge on any atom is 0.138 e. The van der Waals surface area contributed by atoms with Crippen molar-refractivity contribution in [2.45, 2.75) is 43.6 Å². The molecule has 19 heavy (non-hydrogen) atoms. The van der Waals surface area contributed by atoms with Crippen LogP contribution in [0.2, 0.25) is 0 Å². The van der Waals surface area contributed by atoms with Gasteiger partial charge in [0.1, 0.15) is 11.7 Å². The highest BCUT2D eigenvalue weighted by Crippen LogP contribution is 2.34. The number of halogens is 1. The number of nitrogen functional groups attached to an aromatic ring is 1. The third-order valence-corrected chi connectivity index (χ3v) is 5.11. The minimum atomic E-state index is -0.327. The number of hydrogen-bond acceptors (Lipinski definition) is 2. The molecular weight excluding hydrogens is 259 g/mol. The van der Waals surface area contributed by atoms with Gasteiger partial charge in [0.15, 0.2) is 0 Å². The summed E-state index contributed by atoms with van der Waals surface area (Å²) in [5.41, 5.74) is 6.26. The van der Waals surface area contributed by atoms with Crippen molar-refractivity contribution in [1.29, 1.82) is 5.41 Å². The van der Waals surface area contributed by atoms with Crippen LogP contribution in [0.15, 0.2) is 18.2 Å². The van der Waals surface area contributed by atoms with E-state index in [0.717, 1.165) is 5.92 Å². The molecule has 0 amide bonds. The molecule has 1 fully saturated rings. The molecule has 0 heterocycles. The molecule has 2 nitrogen and oxygen atoms in total. The Morgan fingerprint density at radius 2 is 2.26 bits per heavy atom. The fourth-order valence-electron chi connectivity index (χ4n) is 2.64. The zero-order chi connectivity index (χ0) is 13.8. The van der Waals surface area contributed by atoms with Crippen LogP contribution >= 0.6 is 11.8 Å². The van der Waals surface area contributed by atoms with Crippen molar-refractivity contribution in [3.8, 4) is 0 Å². The van der Waals surface area contributed by atoms with Gasteiger partial charge < -0.3 is 5.73 Å². The SMILES string of the molecule is CC1CCCC(SCc2cccc(C(=N)N)c2F)C1. The molecule has 1 aromatic rings. The average molecular weight is 280 g/mol. The molecule has 0 bridgehead atoms. The van der Waals surface area contributed by atoms with Gasteiger partial charge in [0.2, 0.25) is 0 Å².